The second-order valence-corrected chi connectivity index (χ2v) is 11.6. The van der Waals surface area contributed by atoms with Crippen LogP contribution in [0.5, 0.6) is 5.75 Å². The summed E-state index contributed by atoms with van der Waals surface area (Å²) in [5, 5.41) is 2.37. The van der Waals surface area contributed by atoms with Crippen LogP contribution in [0.15, 0.2) is 53.5 Å². The van der Waals surface area contributed by atoms with Crippen LogP contribution in [0, 0.1) is 11.6 Å². The summed E-state index contributed by atoms with van der Waals surface area (Å²) in [7, 11) is 0. The minimum absolute atomic E-state index is 0.0116. The van der Waals surface area contributed by atoms with Crippen LogP contribution >= 0.6 is 0 Å². The second kappa shape index (κ2) is 10.2. The number of benzene rings is 2. The number of halogens is 2. The van der Waals surface area contributed by atoms with Gasteiger partial charge in [-0.2, -0.15) is 0 Å². The number of carbonyl (C=O) groups excluding carboxylic acids is 1. The van der Waals surface area contributed by atoms with Gasteiger partial charge in [-0.1, -0.05) is 0 Å². The van der Waals surface area contributed by atoms with Crippen molar-refractivity contribution in [1.82, 2.24) is 9.58 Å². The number of hydrogen-bond donors (Lipinski definition) is 0. The van der Waals surface area contributed by atoms with Crippen molar-refractivity contribution in [3.05, 3.63) is 92.9 Å². The summed E-state index contributed by atoms with van der Waals surface area (Å²) in [6.07, 6.45) is 2.66. The van der Waals surface area contributed by atoms with Gasteiger partial charge in [0.15, 0.2) is 0 Å². The molecule has 0 aliphatic carbocycles. The Hall–Kier alpha value is -3.20. The van der Waals surface area contributed by atoms with E-state index in [2.05, 4.69) is 0 Å². The molecule has 198 valence electrons. The second-order valence-electron chi connectivity index (χ2n) is 9.50. The molecule has 10 heteroatoms. The van der Waals surface area contributed by atoms with Crippen molar-refractivity contribution in [2.24, 2.45) is 0 Å². The maximum absolute atomic E-state index is 15.3. The van der Waals surface area contributed by atoms with Crippen LogP contribution in [0.2, 0.25) is 0 Å². The van der Waals surface area contributed by atoms with E-state index >= 15 is 4.39 Å². The normalized spacial score (nSPS) is 20.2. The molecule has 3 aromatic rings. The third-order valence-electron chi connectivity index (χ3n) is 7.28. The Kier molecular flexibility index (Phi) is 6.72. The van der Waals surface area contributed by atoms with Crippen LogP contribution in [0.25, 0.3) is 0 Å². The molecule has 1 fully saturated rings. The van der Waals surface area contributed by atoms with Gasteiger partial charge in [0.25, 0.3) is 0 Å². The SMILES string of the molecule is CCCCOc1c2n(ccc1=O)N(C1c3ccccc3[Se]Cc3c1ccc(F)c3F)C1COCCN1C2=O. The zero-order valence-corrected chi connectivity index (χ0v) is 22.6. The van der Waals surface area contributed by atoms with E-state index in [-0.39, 0.29) is 44.3 Å². The van der Waals surface area contributed by atoms with Crippen LogP contribution in [0.1, 0.15) is 53.0 Å². The Morgan fingerprint density at radius 2 is 1.95 bits per heavy atom. The molecule has 2 unspecified atom stereocenters. The van der Waals surface area contributed by atoms with Gasteiger partial charge in [-0.05, 0) is 0 Å². The van der Waals surface area contributed by atoms with Gasteiger partial charge in [-0.25, -0.2) is 0 Å². The number of pyridine rings is 1. The number of unbranched alkanes of at least 4 members (excludes halogenated alkanes) is 1. The molecule has 4 heterocycles. The van der Waals surface area contributed by atoms with Crippen molar-refractivity contribution in [3.63, 3.8) is 0 Å². The molecule has 3 aliphatic rings. The Morgan fingerprint density at radius 1 is 1.11 bits per heavy atom. The topological polar surface area (TPSA) is 64.0 Å². The first-order valence-corrected chi connectivity index (χ1v) is 14.8. The summed E-state index contributed by atoms with van der Waals surface area (Å²) in [5.74, 6) is -2.01. The van der Waals surface area contributed by atoms with Crippen molar-refractivity contribution in [2.75, 3.05) is 31.4 Å². The molecule has 0 N–H and O–H groups in total. The third-order valence-corrected chi connectivity index (χ3v) is 9.62. The molecule has 2 aromatic carbocycles. The average Bonchev–Trinajstić information content (AvgIpc) is 3.10. The molecule has 0 bridgehead atoms. The molecule has 7 nitrogen and oxygen atoms in total. The first kappa shape index (κ1) is 25.1. The molecule has 6 rings (SSSR count). The number of morpholine rings is 1. The van der Waals surface area contributed by atoms with Crippen molar-refractivity contribution in [3.8, 4) is 5.75 Å². The number of aromatic nitrogens is 1. The van der Waals surface area contributed by atoms with Crippen LogP contribution in [-0.2, 0) is 10.1 Å². The number of hydrogen-bond acceptors (Lipinski definition) is 5. The van der Waals surface area contributed by atoms with Gasteiger partial charge in [-0.3, -0.25) is 0 Å². The van der Waals surface area contributed by atoms with Gasteiger partial charge < -0.3 is 0 Å². The van der Waals surface area contributed by atoms with E-state index < -0.39 is 23.8 Å². The zero-order chi connectivity index (χ0) is 26.4. The molecule has 2 atom stereocenters. The van der Waals surface area contributed by atoms with Crippen molar-refractivity contribution >= 4 is 25.3 Å². The van der Waals surface area contributed by atoms with E-state index in [0.717, 1.165) is 28.9 Å². The Morgan fingerprint density at radius 3 is 2.79 bits per heavy atom. The summed E-state index contributed by atoms with van der Waals surface area (Å²) in [6, 6.07) is 11.5. The molecule has 0 saturated carbocycles. The molecule has 38 heavy (non-hydrogen) atoms. The van der Waals surface area contributed by atoms with E-state index in [9.17, 15) is 14.0 Å². The average molecular weight is 586 g/mol. The fourth-order valence-corrected chi connectivity index (χ4v) is 7.77. The van der Waals surface area contributed by atoms with E-state index in [0.29, 0.717) is 36.2 Å². The summed E-state index contributed by atoms with van der Waals surface area (Å²) in [6.45, 7) is 3.25. The molecular weight excluding hydrogens is 559 g/mol. The van der Waals surface area contributed by atoms with Gasteiger partial charge >= 0.3 is 225 Å². The van der Waals surface area contributed by atoms with Crippen molar-refractivity contribution < 1.29 is 23.0 Å². The van der Waals surface area contributed by atoms with Crippen LogP contribution in [0.4, 0.5) is 8.78 Å². The quantitative estimate of drug-likeness (QED) is 0.340. The molecule has 3 aliphatic heterocycles. The predicted octanol–water partition coefficient (Wildman–Crippen LogP) is 2.69. The molecule has 1 aromatic heterocycles. The number of carbonyl (C=O) groups is 1. The number of rotatable bonds is 5. The van der Waals surface area contributed by atoms with Crippen LogP contribution < -0.4 is 19.6 Å². The standard InChI is InChI=1S/C28H27F2N3O4Se/c1-2-3-13-37-27-21(34)10-11-32-26(27)28(35)31-12-14-36-15-23(31)33(32)25-17-8-9-20(29)24(30)19(17)16-38-22-7-5-4-6-18(22)25/h4-11,23,25H,2-3,12-16H2,1H3. The fraction of sp³-hybridized carbons (Fsp3) is 0.357. The van der Waals surface area contributed by atoms with E-state index in [1.807, 2.05) is 36.2 Å². The summed E-state index contributed by atoms with van der Waals surface area (Å²) in [5.41, 5.74) is 1.70. The first-order valence-electron chi connectivity index (χ1n) is 12.8. The summed E-state index contributed by atoms with van der Waals surface area (Å²) in [4.78, 5) is 28.5. The van der Waals surface area contributed by atoms with Gasteiger partial charge in [0.05, 0.1) is 0 Å². The Bertz CT molecular complexity index is 1460. The van der Waals surface area contributed by atoms with Crippen LogP contribution in [-0.4, -0.2) is 63.0 Å². The number of nitrogens with zero attached hydrogens (tertiary/aromatic N) is 3. The first-order chi connectivity index (χ1) is 18.5. The molecule has 1 saturated heterocycles. The van der Waals surface area contributed by atoms with Crippen molar-refractivity contribution in [2.45, 2.75) is 37.3 Å². The summed E-state index contributed by atoms with van der Waals surface area (Å²) >= 11 is -0.135. The zero-order valence-electron chi connectivity index (χ0n) is 20.9. The molecular formula is C28H27F2N3O4Se. The number of amides is 1. The monoisotopic (exact) mass is 587 g/mol. The fourth-order valence-electron chi connectivity index (χ4n) is 5.43. The maximum atomic E-state index is 15.3. The van der Waals surface area contributed by atoms with Gasteiger partial charge in [0.2, 0.25) is 0 Å². The van der Waals surface area contributed by atoms with E-state index in [4.69, 9.17) is 9.47 Å². The van der Waals surface area contributed by atoms with Crippen molar-refractivity contribution in [1.29, 1.82) is 0 Å². The van der Waals surface area contributed by atoms with E-state index in [1.54, 1.807) is 21.8 Å². The number of ether oxygens (including phenoxy) is 2. The van der Waals surface area contributed by atoms with Gasteiger partial charge in [0, 0.05) is 0 Å². The van der Waals surface area contributed by atoms with Gasteiger partial charge in [-0.15, -0.1) is 0 Å². The Balaban J connectivity index is 1.62. The van der Waals surface area contributed by atoms with Crippen LogP contribution in [0.3, 0.4) is 0 Å². The van der Waals surface area contributed by atoms with E-state index in [1.165, 1.54) is 6.07 Å². The van der Waals surface area contributed by atoms with Gasteiger partial charge in [0.1, 0.15) is 0 Å². The third kappa shape index (κ3) is 4.02. The molecule has 1 amide bonds. The number of fused-ring (bicyclic) bond motifs is 4. The molecule has 0 spiro atoms. The molecule has 0 radical (unpaired) electrons. The minimum atomic E-state index is -0.878. The Labute approximate surface area is 225 Å². The predicted molar refractivity (Wildman–Crippen MR) is 139 cm³/mol. The summed E-state index contributed by atoms with van der Waals surface area (Å²) < 4.78 is 44.2.